The van der Waals surface area contributed by atoms with Gasteiger partial charge in [-0.25, -0.2) is 0 Å². The van der Waals surface area contributed by atoms with E-state index in [1.165, 1.54) is 13.8 Å². The summed E-state index contributed by atoms with van der Waals surface area (Å²) in [6, 6.07) is 4.63. The Morgan fingerprint density at radius 1 is 0.400 bits per heavy atom. The number of rotatable bonds is 4. The fourth-order valence-electron chi connectivity index (χ4n) is 3.40. The molecule has 2 N–H and O–H groups in total. The largest absolute Gasteiger partial charge is 0.430 e. The first-order valence-corrected chi connectivity index (χ1v) is 9.36. The maximum atomic E-state index is 13.0. The summed E-state index contributed by atoms with van der Waals surface area (Å²) < 4.78 is 156. The van der Waals surface area contributed by atoms with Gasteiger partial charge in [-0.3, -0.25) is 0 Å². The highest BCUT2D eigenvalue weighted by atomic mass is 19.4. The van der Waals surface area contributed by atoms with Crippen molar-refractivity contribution in [1.29, 1.82) is 0 Å². The topological polar surface area (TPSA) is 40.5 Å². The molecule has 0 aliphatic carbocycles. The minimum Gasteiger partial charge on any atom is -0.369 e. The molecule has 196 valence electrons. The van der Waals surface area contributed by atoms with Gasteiger partial charge in [0.15, 0.2) is 0 Å². The lowest BCUT2D eigenvalue weighted by Crippen LogP contribution is -2.54. The smallest absolute Gasteiger partial charge is 0.369 e. The maximum absolute atomic E-state index is 13.0. The number of hydrogen-bond donors (Lipinski definition) is 2. The molecule has 0 saturated carbocycles. The van der Waals surface area contributed by atoms with Gasteiger partial charge < -0.3 is 10.2 Å². The predicted molar refractivity (Wildman–Crippen MR) is 97.0 cm³/mol. The third-order valence-corrected chi connectivity index (χ3v) is 5.69. The molecular weight excluding hydrogens is 512 g/mol. The van der Waals surface area contributed by atoms with E-state index in [0.29, 0.717) is 24.3 Å². The number of aliphatic hydroxyl groups is 2. The van der Waals surface area contributed by atoms with Gasteiger partial charge in [0.25, 0.3) is 11.2 Å². The Morgan fingerprint density at radius 3 is 0.743 bits per heavy atom. The number of hydrogen-bond acceptors (Lipinski definition) is 2. The SMILES string of the molecule is CC(C)(c1ccc(C(O)(C(F)(F)F)C(F)(F)F)cc1)c1ccc(C(O)(C(F)(F)F)C(F)(F)F)cc1. The zero-order chi connectivity index (χ0) is 27.5. The summed E-state index contributed by atoms with van der Waals surface area (Å²) in [6.07, 6.45) is -24.5. The van der Waals surface area contributed by atoms with Crippen molar-refractivity contribution in [3.05, 3.63) is 70.8 Å². The molecule has 0 aromatic heterocycles. The summed E-state index contributed by atoms with van der Waals surface area (Å²) in [6.45, 7) is 2.69. The van der Waals surface area contributed by atoms with Crippen molar-refractivity contribution in [3.8, 4) is 0 Å². The number of halogens is 12. The fourth-order valence-corrected chi connectivity index (χ4v) is 3.40. The Kier molecular flexibility index (Phi) is 6.81. The highest BCUT2D eigenvalue weighted by Gasteiger charge is 2.72. The van der Waals surface area contributed by atoms with Crippen molar-refractivity contribution in [3.63, 3.8) is 0 Å². The van der Waals surface area contributed by atoms with E-state index >= 15 is 0 Å². The second-order valence-electron chi connectivity index (χ2n) is 8.19. The van der Waals surface area contributed by atoms with Crippen molar-refractivity contribution in [1.82, 2.24) is 0 Å². The molecule has 35 heavy (non-hydrogen) atoms. The van der Waals surface area contributed by atoms with E-state index in [2.05, 4.69) is 0 Å². The van der Waals surface area contributed by atoms with Crippen LogP contribution in [0.25, 0.3) is 0 Å². The van der Waals surface area contributed by atoms with Crippen LogP contribution >= 0.6 is 0 Å². The second kappa shape index (κ2) is 8.29. The van der Waals surface area contributed by atoms with Crippen LogP contribution in [-0.2, 0) is 16.6 Å². The fraction of sp³-hybridized carbons (Fsp3) is 0.429. The van der Waals surface area contributed by atoms with Crippen LogP contribution in [0, 0.1) is 0 Å². The normalized spacial score (nSPS) is 14.9. The van der Waals surface area contributed by atoms with Crippen molar-refractivity contribution < 1.29 is 62.9 Å². The summed E-state index contributed by atoms with van der Waals surface area (Å²) in [5, 5.41) is 18.9. The maximum Gasteiger partial charge on any atom is 0.430 e. The molecule has 0 amide bonds. The first-order valence-electron chi connectivity index (χ1n) is 9.36. The summed E-state index contributed by atoms with van der Waals surface area (Å²) >= 11 is 0. The predicted octanol–water partition coefficient (Wildman–Crippen LogP) is 6.64. The first-order chi connectivity index (χ1) is 15.4. The van der Waals surface area contributed by atoms with Crippen LogP contribution < -0.4 is 0 Å². The molecule has 0 aliphatic heterocycles. The monoisotopic (exact) mass is 528 g/mol. The summed E-state index contributed by atoms with van der Waals surface area (Å²) in [5.41, 5.74) is -14.8. The summed E-state index contributed by atoms with van der Waals surface area (Å²) in [4.78, 5) is 0. The minimum atomic E-state index is -6.12. The standard InChI is InChI=1S/C21H16F12O2/c1-15(2,11-3-7-13(8-4-11)16(34,18(22,23)24)19(25,26)27)12-5-9-14(10-6-12)17(35,20(28,29)30)21(31,32)33/h3-10,34-35H,1-2H3. The van der Waals surface area contributed by atoms with Gasteiger partial charge in [-0.15, -0.1) is 0 Å². The Morgan fingerprint density at radius 2 is 0.571 bits per heavy atom. The quantitative estimate of drug-likeness (QED) is 0.437. The van der Waals surface area contributed by atoms with Gasteiger partial charge in [-0.2, -0.15) is 52.7 Å². The van der Waals surface area contributed by atoms with Gasteiger partial charge in [-0.1, -0.05) is 62.4 Å². The molecule has 0 spiro atoms. The van der Waals surface area contributed by atoms with Crippen LogP contribution in [0.2, 0.25) is 0 Å². The van der Waals surface area contributed by atoms with Gasteiger partial charge in [0, 0.05) is 16.5 Å². The molecular formula is C21H16F12O2. The molecule has 2 nitrogen and oxygen atoms in total. The average Bonchev–Trinajstić information content (AvgIpc) is 2.69. The van der Waals surface area contributed by atoms with E-state index < -0.39 is 52.4 Å². The highest BCUT2D eigenvalue weighted by molar-refractivity contribution is 5.42. The third kappa shape index (κ3) is 4.57. The first kappa shape index (κ1) is 28.8. The molecule has 2 aromatic rings. The molecule has 0 saturated heterocycles. The van der Waals surface area contributed by atoms with E-state index in [1.807, 2.05) is 0 Å². The minimum absolute atomic E-state index is 0.0163. The molecule has 2 aromatic carbocycles. The van der Waals surface area contributed by atoms with Gasteiger partial charge in [0.2, 0.25) is 0 Å². The second-order valence-corrected chi connectivity index (χ2v) is 8.19. The van der Waals surface area contributed by atoms with E-state index in [-0.39, 0.29) is 11.1 Å². The van der Waals surface area contributed by atoms with Crippen LogP contribution in [0.3, 0.4) is 0 Å². The molecule has 0 heterocycles. The molecule has 0 bridgehead atoms. The summed E-state index contributed by atoms with van der Waals surface area (Å²) in [7, 11) is 0. The Balaban J connectivity index is 2.51. The van der Waals surface area contributed by atoms with E-state index in [9.17, 15) is 62.9 Å². The highest BCUT2D eigenvalue weighted by Crippen LogP contribution is 2.51. The lowest BCUT2D eigenvalue weighted by atomic mass is 9.76. The van der Waals surface area contributed by atoms with E-state index in [4.69, 9.17) is 0 Å². The van der Waals surface area contributed by atoms with Crippen molar-refractivity contribution in [2.24, 2.45) is 0 Å². The molecule has 0 unspecified atom stereocenters. The lowest BCUT2D eigenvalue weighted by Gasteiger charge is -2.34. The van der Waals surface area contributed by atoms with Crippen molar-refractivity contribution in [2.45, 2.75) is 55.2 Å². The number of benzene rings is 2. The van der Waals surface area contributed by atoms with Gasteiger partial charge in [0.1, 0.15) is 0 Å². The molecule has 0 aliphatic rings. The van der Waals surface area contributed by atoms with Crippen LogP contribution in [0.5, 0.6) is 0 Å². The van der Waals surface area contributed by atoms with Crippen LogP contribution in [0.4, 0.5) is 52.7 Å². The Hall–Kier alpha value is -2.48. The van der Waals surface area contributed by atoms with Crippen molar-refractivity contribution in [2.75, 3.05) is 0 Å². The zero-order valence-electron chi connectivity index (χ0n) is 17.5. The Labute approximate surface area is 189 Å². The van der Waals surface area contributed by atoms with Crippen LogP contribution in [-0.4, -0.2) is 34.9 Å². The van der Waals surface area contributed by atoms with E-state index in [0.717, 1.165) is 24.3 Å². The molecule has 2 rings (SSSR count). The molecule has 0 radical (unpaired) electrons. The Bertz CT molecular complexity index is 915. The van der Waals surface area contributed by atoms with Crippen molar-refractivity contribution >= 4 is 0 Å². The molecule has 0 atom stereocenters. The van der Waals surface area contributed by atoms with Crippen LogP contribution in [0.15, 0.2) is 48.5 Å². The van der Waals surface area contributed by atoms with Gasteiger partial charge in [0.05, 0.1) is 0 Å². The number of alkyl halides is 12. The summed E-state index contributed by atoms with van der Waals surface area (Å²) in [5.74, 6) is 0. The van der Waals surface area contributed by atoms with Gasteiger partial charge >= 0.3 is 24.7 Å². The zero-order valence-corrected chi connectivity index (χ0v) is 17.5. The third-order valence-electron chi connectivity index (χ3n) is 5.69. The van der Waals surface area contributed by atoms with Gasteiger partial charge in [-0.05, 0) is 11.1 Å². The van der Waals surface area contributed by atoms with Crippen LogP contribution in [0.1, 0.15) is 36.1 Å². The average molecular weight is 528 g/mol. The lowest BCUT2D eigenvalue weighted by molar-refractivity contribution is -0.376. The molecule has 0 fully saturated rings. The van der Waals surface area contributed by atoms with E-state index in [1.54, 1.807) is 0 Å². The molecule has 14 heteroatoms.